The lowest BCUT2D eigenvalue weighted by Gasteiger charge is -2.31. The van der Waals surface area contributed by atoms with E-state index in [4.69, 9.17) is 11.6 Å². The van der Waals surface area contributed by atoms with Gasteiger partial charge in [-0.15, -0.1) is 0 Å². The molecule has 0 unspecified atom stereocenters. The third-order valence-electron chi connectivity index (χ3n) is 3.88. The van der Waals surface area contributed by atoms with E-state index >= 15 is 0 Å². The fourth-order valence-electron chi connectivity index (χ4n) is 2.76. The van der Waals surface area contributed by atoms with E-state index in [1.54, 1.807) is 29.2 Å². The third kappa shape index (κ3) is 2.81. The highest BCUT2D eigenvalue weighted by Gasteiger charge is 2.27. The van der Waals surface area contributed by atoms with Crippen molar-refractivity contribution >= 4 is 40.6 Å². The highest BCUT2D eigenvalue weighted by atomic mass is 35.5. The second-order valence-electron chi connectivity index (χ2n) is 5.46. The highest BCUT2D eigenvalue weighted by Crippen LogP contribution is 2.48. The SMILES string of the molecule is O=C(CCn1ccnc1)N1c2ccccc2Sc2cc(Cl)ccc21. The number of amides is 1. The van der Waals surface area contributed by atoms with Crippen LogP contribution in [0.15, 0.2) is 71.0 Å². The zero-order chi connectivity index (χ0) is 16.5. The molecule has 3 aromatic rings. The van der Waals surface area contributed by atoms with Crippen molar-refractivity contribution in [2.75, 3.05) is 4.90 Å². The Morgan fingerprint density at radius 1 is 1.12 bits per heavy atom. The monoisotopic (exact) mass is 355 g/mol. The van der Waals surface area contributed by atoms with Crippen LogP contribution in [0, 0.1) is 0 Å². The molecule has 120 valence electrons. The number of carbonyl (C=O) groups is 1. The van der Waals surface area contributed by atoms with Gasteiger partial charge in [0.25, 0.3) is 0 Å². The summed E-state index contributed by atoms with van der Waals surface area (Å²) >= 11 is 7.77. The minimum atomic E-state index is 0.0556. The van der Waals surface area contributed by atoms with Gasteiger partial charge in [0.1, 0.15) is 0 Å². The van der Waals surface area contributed by atoms with Gasteiger partial charge in [-0.25, -0.2) is 4.98 Å². The predicted octanol–water partition coefficient (Wildman–Crippen LogP) is 4.76. The first kappa shape index (κ1) is 15.3. The molecule has 1 aliphatic heterocycles. The second kappa shape index (κ2) is 6.34. The average Bonchev–Trinajstić information content (AvgIpc) is 3.11. The van der Waals surface area contributed by atoms with Gasteiger partial charge in [-0.05, 0) is 30.3 Å². The lowest BCUT2D eigenvalue weighted by molar-refractivity contribution is -0.118. The van der Waals surface area contributed by atoms with E-state index in [-0.39, 0.29) is 5.91 Å². The molecule has 2 aromatic carbocycles. The summed E-state index contributed by atoms with van der Waals surface area (Å²) in [6.07, 6.45) is 5.70. The fraction of sp³-hybridized carbons (Fsp3) is 0.111. The van der Waals surface area contributed by atoms with Crippen molar-refractivity contribution in [3.8, 4) is 0 Å². The summed E-state index contributed by atoms with van der Waals surface area (Å²) in [7, 11) is 0. The van der Waals surface area contributed by atoms with E-state index in [0.717, 1.165) is 21.2 Å². The van der Waals surface area contributed by atoms with Gasteiger partial charge in [0, 0.05) is 40.2 Å². The number of benzene rings is 2. The van der Waals surface area contributed by atoms with E-state index in [9.17, 15) is 4.79 Å². The van der Waals surface area contributed by atoms with Crippen LogP contribution in [-0.4, -0.2) is 15.5 Å². The van der Waals surface area contributed by atoms with Gasteiger partial charge in [0.05, 0.1) is 17.7 Å². The maximum atomic E-state index is 13.0. The van der Waals surface area contributed by atoms with Crippen LogP contribution < -0.4 is 4.90 Å². The van der Waals surface area contributed by atoms with Crippen molar-refractivity contribution in [1.82, 2.24) is 9.55 Å². The van der Waals surface area contributed by atoms with Gasteiger partial charge in [-0.3, -0.25) is 9.69 Å². The molecule has 0 N–H and O–H groups in total. The molecule has 4 nitrogen and oxygen atoms in total. The van der Waals surface area contributed by atoms with Gasteiger partial charge in [-0.1, -0.05) is 35.5 Å². The van der Waals surface area contributed by atoms with Crippen LogP contribution in [-0.2, 0) is 11.3 Å². The normalized spacial score (nSPS) is 12.6. The molecule has 1 aromatic heterocycles. The summed E-state index contributed by atoms with van der Waals surface area (Å²) in [5, 5.41) is 0.673. The van der Waals surface area contributed by atoms with Gasteiger partial charge in [0.2, 0.25) is 5.91 Å². The fourth-order valence-corrected chi connectivity index (χ4v) is 4.09. The van der Waals surface area contributed by atoms with Crippen LogP contribution in [0.1, 0.15) is 6.42 Å². The number of para-hydroxylation sites is 1. The Bertz CT molecular complexity index is 895. The van der Waals surface area contributed by atoms with E-state index < -0.39 is 0 Å². The predicted molar refractivity (Wildman–Crippen MR) is 96.0 cm³/mol. The summed E-state index contributed by atoms with van der Waals surface area (Å²) in [6.45, 7) is 0.605. The van der Waals surface area contributed by atoms with Crippen molar-refractivity contribution in [3.05, 3.63) is 66.2 Å². The number of rotatable bonds is 3. The maximum Gasteiger partial charge on any atom is 0.233 e. The van der Waals surface area contributed by atoms with Crippen molar-refractivity contribution < 1.29 is 4.79 Å². The molecule has 0 aliphatic carbocycles. The molecular formula is C18H14ClN3OS. The summed E-state index contributed by atoms with van der Waals surface area (Å²) < 4.78 is 1.91. The first-order valence-electron chi connectivity index (χ1n) is 7.57. The van der Waals surface area contributed by atoms with E-state index in [1.165, 1.54) is 0 Å². The molecule has 4 rings (SSSR count). The number of fused-ring (bicyclic) bond motifs is 2. The molecule has 0 saturated carbocycles. The quantitative estimate of drug-likeness (QED) is 0.680. The molecule has 0 saturated heterocycles. The Morgan fingerprint density at radius 2 is 1.96 bits per heavy atom. The number of aryl methyl sites for hydroxylation is 1. The number of hydrogen-bond donors (Lipinski definition) is 0. The van der Waals surface area contributed by atoms with Crippen LogP contribution in [0.5, 0.6) is 0 Å². The minimum Gasteiger partial charge on any atom is -0.337 e. The van der Waals surface area contributed by atoms with Gasteiger partial charge < -0.3 is 4.57 Å². The summed E-state index contributed by atoms with van der Waals surface area (Å²) in [4.78, 5) is 20.8. The number of carbonyl (C=O) groups excluding carboxylic acids is 1. The van der Waals surface area contributed by atoms with Crippen LogP contribution >= 0.6 is 23.4 Å². The molecule has 6 heteroatoms. The van der Waals surface area contributed by atoms with Crippen LogP contribution in [0.2, 0.25) is 5.02 Å². The summed E-state index contributed by atoms with van der Waals surface area (Å²) in [5.74, 6) is 0.0556. The second-order valence-corrected chi connectivity index (χ2v) is 6.98. The number of aromatic nitrogens is 2. The number of anilines is 2. The zero-order valence-electron chi connectivity index (χ0n) is 12.7. The van der Waals surface area contributed by atoms with Gasteiger partial charge in [-0.2, -0.15) is 0 Å². The molecule has 0 bridgehead atoms. The maximum absolute atomic E-state index is 13.0. The Balaban J connectivity index is 1.69. The van der Waals surface area contributed by atoms with Crippen LogP contribution in [0.4, 0.5) is 11.4 Å². The van der Waals surface area contributed by atoms with E-state index in [1.807, 2.05) is 53.2 Å². The Labute approximate surface area is 149 Å². The Morgan fingerprint density at radius 3 is 2.79 bits per heavy atom. The standard InChI is InChI=1S/C18H14ClN3OS/c19-13-5-6-15-17(11-13)24-16-4-2-1-3-14(16)22(15)18(23)7-9-21-10-8-20-12-21/h1-6,8,10-12H,7,9H2. The number of hydrogen-bond acceptors (Lipinski definition) is 3. The van der Waals surface area contributed by atoms with Crippen molar-refractivity contribution in [1.29, 1.82) is 0 Å². The Kier molecular flexibility index (Phi) is 4.04. The largest absolute Gasteiger partial charge is 0.337 e. The van der Waals surface area contributed by atoms with E-state index in [2.05, 4.69) is 4.98 Å². The van der Waals surface area contributed by atoms with Crippen LogP contribution in [0.25, 0.3) is 0 Å². The average molecular weight is 356 g/mol. The lowest BCUT2D eigenvalue weighted by Crippen LogP contribution is -2.29. The number of nitrogens with zero attached hydrogens (tertiary/aromatic N) is 3. The number of halogens is 1. The Hall–Kier alpha value is -2.24. The first-order valence-corrected chi connectivity index (χ1v) is 8.77. The molecule has 0 atom stereocenters. The minimum absolute atomic E-state index is 0.0556. The molecule has 1 aliphatic rings. The summed E-state index contributed by atoms with van der Waals surface area (Å²) in [5.41, 5.74) is 1.81. The van der Waals surface area contributed by atoms with E-state index in [0.29, 0.717) is 18.0 Å². The number of imidazole rings is 1. The molecular weight excluding hydrogens is 342 g/mol. The lowest BCUT2D eigenvalue weighted by atomic mass is 10.2. The van der Waals surface area contributed by atoms with Crippen molar-refractivity contribution in [3.63, 3.8) is 0 Å². The molecule has 2 heterocycles. The third-order valence-corrected chi connectivity index (χ3v) is 5.23. The summed E-state index contributed by atoms with van der Waals surface area (Å²) in [6, 6.07) is 13.6. The van der Waals surface area contributed by atoms with Gasteiger partial charge >= 0.3 is 0 Å². The smallest absolute Gasteiger partial charge is 0.233 e. The molecule has 1 amide bonds. The molecule has 0 spiro atoms. The topological polar surface area (TPSA) is 38.1 Å². The van der Waals surface area contributed by atoms with Crippen molar-refractivity contribution in [2.45, 2.75) is 22.8 Å². The zero-order valence-corrected chi connectivity index (χ0v) is 14.3. The molecule has 0 radical (unpaired) electrons. The first-order chi connectivity index (χ1) is 11.7. The van der Waals surface area contributed by atoms with Gasteiger partial charge in [0.15, 0.2) is 0 Å². The van der Waals surface area contributed by atoms with Crippen LogP contribution in [0.3, 0.4) is 0 Å². The molecule has 24 heavy (non-hydrogen) atoms. The van der Waals surface area contributed by atoms with Crippen molar-refractivity contribution in [2.24, 2.45) is 0 Å². The highest BCUT2D eigenvalue weighted by molar-refractivity contribution is 7.99. The molecule has 0 fully saturated rings.